The van der Waals surface area contributed by atoms with Gasteiger partial charge in [-0.15, -0.1) is 0 Å². The van der Waals surface area contributed by atoms with Gasteiger partial charge in [0.25, 0.3) is 0 Å². The van der Waals surface area contributed by atoms with Gasteiger partial charge in [0.2, 0.25) is 0 Å². The van der Waals surface area contributed by atoms with Crippen LogP contribution < -0.4 is 0 Å². The Labute approximate surface area is 363 Å². The van der Waals surface area contributed by atoms with Crippen molar-refractivity contribution in [2.75, 3.05) is 13.2 Å². The van der Waals surface area contributed by atoms with Gasteiger partial charge in [0.15, 0.2) is 49.2 Å². The van der Waals surface area contributed by atoms with E-state index in [9.17, 15) is 38.4 Å². The largest absolute Gasteiger partial charge is 0.462 e. The Balaban J connectivity index is 1.98. The second-order valence-corrected chi connectivity index (χ2v) is 14.2. The van der Waals surface area contributed by atoms with Crippen LogP contribution in [0.15, 0.2) is 91.0 Å². The molecule has 0 aromatic heterocycles. The summed E-state index contributed by atoms with van der Waals surface area (Å²) in [5, 5.41) is 0. The molecule has 0 bridgehead atoms. The standard InChI is InChI=1S/C45H50O18/c1-26(47)54-24-37(57-28(3)49)40(39(58-29(4)50)36(23-46)56-27(2)48)63-44-43(61-32(7)53)42(60-31(6)52)41(59-30(5)51)38(62-44)25-55-45(33-17-11-8-12-18-33,34-19-13-9-14-20-34)35-21-15-10-16-22-35/h8-23,36-44H,24-25H2,1-7H3/t36-,37+,38+,39+,40+,41+,42-,43+,44+/m0/s1. The van der Waals surface area contributed by atoms with Gasteiger partial charge in [-0.1, -0.05) is 91.0 Å². The molecule has 338 valence electrons. The fourth-order valence-electron chi connectivity index (χ4n) is 7.09. The second kappa shape index (κ2) is 23.1. The first-order chi connectivity index (χ1) is 30.0. The molecule has 1 saturated heterocycles. The third-order valence-electron chi connectivity index (χ3n) is 9.31. The summed E-state index contributed by atoms with van der Waals surface area (Å²) >= 11 is 0. The Kier molecular flexibility index (Phi) is 18.0. The normalized spacial score (nSPS) is 20.3. The zero-order valence-corrected chi connectivity index (χ0v) is 35.7. The Morgan fingerprint density at radius 3 is 1.41 bits per heavy atom. The highest BCUT2D eigenvalue weighted by atomic mass is 16.8. The molecule has 1 aliphatic heterocycles. The van der Waals surface area contributed by atoms with Crippen molar-refractivity contribution in [1.82, 2.24) is 0 Å². The molecule has 9 atom stereocenters. The van der Waals surface area contributed by atoms with Crippen molar-refractivity contribution in [2.24, 2.45) is 0 Å². The van der Waals surface area contributed by atoms with Crippen molar-refractivity contribution in [3.05, 3.63) is 108 Å². The molecule has 63 heavy (non-hydrogen) atoms. The number of carbonyl (C=O) groups is 8. The van der Waals surface area contributed by atoms with Crippen molar-refractivity contribution < 1.29 is 85.7 Å². The zero-order valence-electron chi connectivity index (χ0n) is 35.7. The number of benzene rings is 3. The maximum atomic E-state index is 12.9. The van der Waals surface area contributed by atoms with Gasteiger partial charge in [0, 0.05) is 48.5 Å². The predicted octanol–water partition coefficient (Wildman–Crippen LogP) is 3.46. The number of esters is 7. The van der Waals surface area contributed by atoms with Crippen LogP contribution in [0.4, 0.5) is 0 Å². The molecule has 18 heteroatoms. The number of carbonyl (C=O) groups excluding carboxylic acids is 8. The molecule has 3 aromatic rings. The summed E-state index contributed by atoms with van der Waals surface area (Å²) < 4.78 is 58.4. The van der Waals surface area contributed by atoms with E-state index < -0.39 is 116 Å². The van der Waals surface area contributed by atoms with Crippen molar-refractivity contribution in [2.45, 2.75) is 109 Å². The van der Waals surface area contributed by atoms with Crippen LogP contribution in [0.1, 0.15) is 65.2 Å². The average molecular weight is 879 g/mol. The SMILES string of the molecule is CC(=O)OC[C@@H](OC(C)=O)[C@@H](O[C@H]1O[C@H](COC(c2ccccc2)(c2ccccc2)c2ccccc2)[C@@H](OC(C)=O)[C@H](OC(C)=O)[C@H]1OC(C)=O)[C@H](OC(C)=O)[C@H](C=O)OC(C)=O. The lowest BCUT2D eigenvalue weighted by molar-refractivity contribution is -0.333. The van der Waals surface area contributed by atoms with Crippen LogP contribution in [0.25, 0.3) is 0 Å². The Morgan fingerprint density at radius 1 is 0.556 bits per heavy atom. The first-order valence-corrected chi connectivity index (χ1v) is 19.7. The van der Waals surface area contributed by atoms with Crippen molar-refractivity contribution in [3.63, 3.8) is 0 Å². The monoisotopic (exact) mass is 878 g/mol. The van der Waals surface area contributed by atoms with E-state index in [0.717, 1.165) is 48.5 Å². The van der Waals surface area contributed by atoms with Crippen LogP contribution >= 0.6 is 0 Å². The lowest BCUT2D eigenvalue weighted by Crippen LogP contribution is -2.65. The van der Waals surface area contributed by atoms with E-state index in [4.69, 9.17) is 47.4 Å². The minimum atomic E-state index is -1.99. The second-order valence-electron chi connectivity index (χ2n) is 14.2. The molecule has 0 spiro atoms. The van der Waals surface area contributed by atoms with E-state index in [1.54, 1.807) is 0 Å². The van der Waals surface area contributed by atoms with Gasteiger partial charge in [0.05, 0.1) is 6.61 Å². The van der Waals surface area contributed by atoms with Crippen molar-refractivity contribution in [3.8, 4) is 0 Å². The molecule has 0 radical (unpaired) electrons. The smallest absolute Gasteiger partial charge is 0.303 e. The third kappa shape index (κ3) is 13.5. The topological polar surface area (TPSA) is 229 Å². The van der Waals surface area contributed by atoms with Crippen molar-refractivity contribution >= 4 is 48.1 Å². The highest BCUT2D eigenvalue weighted by Gasteiger charge is 2.56. The summed E-state index contributed by atoms with van der Waals surface area (Å²) in [6, 6.07) is 27.5. The summed E-state index contributed by atoms with van der Waals surface area (Å²) in [6.45, 7) is 5.80. The van der Waals surface area contributed by atoms with Gasteiger partial charge < -0.3 is 47.4 Å². The lowest BCUT2D eigenvalue weighted by atomic mass is 9.80. The van der Waals surface area contributed by atoms with E-state index in [1.807, 2.05) is 91.0 Å². The molecule has 0 N–H and O–H groups in total. The van der Waals surface area contributed by atoms with Gasteiger partial charge in [-0.2, -0.15) is 0 Å². The van der Waals surface area contributed by atoms with Gasteiger partial charge in [0.1, 0.15) is 24.4 Å². The van der Waals surface area contributed by atoms with E-state index in [-0.39, 0.29) is 6.29 Å². The third-order valence-corrected chi connectivity index (χ3v) is 9.31. The van der Waals surface area contributed by atoms with Gasteiger partial charge in [-0.05, 0) is 16.7 Å². The summed E-state index contributed by atoms with van der Waals surface area (Å²) in [6.07, 6.45) is -16.2. The molecule has 0 amide bonds. The fourth-order valence-corrected chi connectivity index (χ4v) is 7.09. The lowest BCUT2D eigenvalue weighted by Gasteiger charge is -2.47. The number of rotatable bonds is 20. The summed E-state index contributed by atoms with van der Waals surface area (Å²) in [4.78, 5) is 101. The molecule has 3 aromatic carbocycles. The first-order valence-electron chi connectivity index (χ1n) is 19.7. The first kappa shape index (κ1) is 49.2. The molecule has 18 nitrogen and oxygen atoms in total. The van der Waals surface area contributed by atoms with Crippen LogP contribution in [-0.2, 0) is 91.3 Å². The Hall–Kier alpha value is -6.50. The fraction of sp³-hybridized carbons (Fsp3) is 0.422. The summed E-state index contributed by atoms with van der Waals surface area (Å²) in [7, 11) is 0. The van der Waals surface area contributed by atoms with Gasteiger partial charge in [-0.25, -0.2) is 0 Å². The molecule has 0 aliphatic carbocycles. The van der Waals surface area contributed by atoms with E-state index in [0.29, 0.717) is 16.7 Å². The Morgan fingerprint density at radius 2 is 1.00 bits per heavy atom. The van der Waals surface area contributed by atoms with Crippen LogP contribution in [0.2, 0.25) is 0 Å². The highest BCUT2D eigenvalue weighted by Crippen LogP contribution is 2.42. The number of hydrogen-bond donors (Lipinski definition) is 0. The minimum absolute atomic E-state index is 0.110. The maximum Gasteiger partial charge on any atom is 0.303 e. The minimum Gasteiger partial charge on any atom is -0.462 e. The average Bonchev–Trinajstić information content (AvgIpc) is 3.22. The zero-order chi connectivity index (χ0) is 46.3. The molecule has 1 aliphatic rings. The number of hydrogen-bond acceptors (Lipinski definition) is 18. The highest BCUT2D eigenvalue weighted by molar-refractivity contribution is 5.72. The summed E-state index contributed by atoms with van der Waals surface area (Å²) in [5.41, 5.74) is 0.582. The molecular weight excluding hydrogens is 828 g/mol. The van der Waals surface area contributed by atoms with E-state index in [1.165, 1.54) is 0 Å². The van der Waals surface area contributed by atoms with E-state index >= 15 is 0 Å². The molecule has 4 rings (SSSR count). The molecule has 0 saturated carbocycles. The quantitative estimate of drug-likeness (QED) is 0.0685. The predicted molar refractivity (Wildman–Crippen MR) is 215 cm³/mol. The van der Waals surface area contributed by atoms with Crippen LogP contribution in [0.3, 0.4) is 0 Å². The Bertz CT molecular complexity index is 1940. The number of ether oxygens (including phenoxy) is 10. The van der Waals surface area contributed by atoms with Crippen molar-refractivity contribution in [1.29, 1.82) is 0 Å². The maximum absolute atomic E-state index is 12.9. The van der Waals surface area contributed by atoms with Crippen LogP contribution in [0.5, 0.6) is 0 Å². The summed E-state index contributed by atoms with van der Waals surface area (Å²) in [5.74, 6) is -6.65. The molecule has 0 unspecified atom stereocenters. The number of aldehydes is 1. The van der Waals surface area contributed by atoms with E-state index in [2.05, 4.69) is 0 Å². The van der Waals surface area contributed by atoms with Gasteiger partial charge in [-0.3, -0.25) is 38.4 Å². The van der Waals surface area contributed by atoms with Crippen LogP contribution in [0, 0.1) is 0 Å². The van der Waals surface area contributed by atoms with Gasteiger partial charge >= 0.3 is 41.8 Å². The van der Waals surface area contributed by atoms with Crippen LogP contribution in [-0.4, -0.2) is 116 Å². The molecule has 1 heterocycles. The molecular formula is C45H50O18. The molecule has 1 fully saturated rings.